The van der Waals surface area contributed by atoms with E-state index in [0.717, 1.165) is 16.9 Å². The fraction of sp³-hybridized carbons (Fsp3) is 0.286. The maximum atomic E-state index is 10.6. The molecule has 1 aromatic carbocycles. The number of carboxylic acid groups (broad SMARTS) is 1. The van der Waals surface area contributed by atoms with Gasteiger partial charge in [-0.1, -0.05) is 36.0 Å². The van der Waals surface area contributed by atoms with Crippen LogP contribution in [-0.4, -0.2) is 18.2 Å². The molecule has 0 radical (unpaired) electrons. The number of hydrogen-bond donors (Lipinski definition) is 1. The molecular formula is C21H27NaO3. The molecule has 0 saturated carbocycles. The topological polar surface area (TPSA) is 46.5 Å². The van der Waals surface area contributed by atoms with E-state index in [0.29, 0.717) is 5.57 Å². The summed E-state index contributed by atoms with van der Waals surface area (Å²) in [4.78, 5) is 10.6. The fourth-order valence-electron chi connectivity index (χ4n) is 2.40. The average molecular weight is 350 g/mol. The predicted molar refractivity (Wildman–Crippen MR) is 102 cm³/mol. The zero-order valence-electron chi connectivity index (χ0n) is 17.3. The Kier molecular flexibility index (Phi) is 10.4. The van der Waals surface area contributed by atoms with Gasteiger partial charge in [-0.05, 0) is 68.5 Å². The van der Waals surface area contributed by atoms with Crippen LogP contribution in [0.2, 0.25) is 0 Å². The van der Waals surface area contributed by atoms with E-state index < -0.39 is 5.97 Å². The third-order valence-electron chi connectivity index (χ3n) is 3.91. The summed E-state index contributed by atoms with van der Waals surface area (Å²) in [6.45, 7) is 10.0. The molecule has 130 valence electrons. The largest absolute Gasteiger partial charge is 1.00 e. The number of allylic oxidation sites excluding steroid dienone is 6. The van der Waals surface area contributed by atoms with Gasteiger partial charge in [-0.15, -0.1) is 0 Å². The molecule has 1 aromatic rings. The number of methoxy groups -OCH3 is 1. The van der Waals surface area contributed by atoms with Gasteiger partial charge in [-0.3, -0.25) is 0 Å². The van der Waals surface area contributed by atoms with Gasteiger partial charge in [0.1, 0.15) is 5.75 Å². The number of carboxylic acids is 1. The molecule has 0 heterocycles. The molecular weight excluding hydrogens is 323 g/mol. The summed E-state index contributed by atoms with van der Waals surface area (Å²) in [6.07, 6.45) is 10.9. The first-order valence-electron chi connectivity index (χ1n) is 7.85. The first-order valence-corrected chi connectivity index (χ1v) is 7.85. The molecule has 0 aliphatic carbocycles. The van der Waals surface area contributed by atoms with E-state index in [4.69, 9.17) is 9.84 Å². The van der Waals surface area contributed by atoms with E-state index in [1.807, 2.05) is 19.1 Å². The van der Waals surface area contributed by atoms with E-state index in [-0.39, 0.29) is 31.0 Å². The maximum absolute atomic E-state index is 10.6. The number of rotatable bonds is 6. The van der Waals surface area contributed by atoms with Crippen LogP contribution in [0.25, 0.3) is 6.08 Å². The summed E-state index contributed by atoms with van der Waals surface area (Å²) >= 11 is 0. The summed E-state index contributed by atoms with van der Waals surface area (Å²) in [7, 11) is 1.69. The van der Waals surface area contributed by atoms with Gasteiger partial charge in [0, 0.05) is 6.08 Å². The van der Waals surface area contributed by atoms with E-state index in [9.17, 15) is 4.79 Å². The Morgan fingerprint density at radius 3 is 2.32 bits per heavy atom. The molecule has 0 spiro atoms. The average Bonchev–Trinajstić information content (AvgIpc) is 2.50. The van der Waals surface area contributed by atoms with Crippen LogP contribution in [0.15, 0.2) is 47.6 Å². The molecule has 0 aliphatic heterocycles. The van der Waals surface area contributed by atoms with Crippen molar-refractivity contribution < 1.29 is 45.6 Å². The molecule has 0 unspecified atom stereocenters. The van der Waals surface area contributed by atoms with Crippen LogP contribution in [0.1, 0.15) is 37.5 Å². The van der Waals surface area contributed by atoms with Crippen LogP contribution >= 0.6 is 0 Å². The Labute approximate surface area is 174 Å². The van der Waals surface area contributed by atoms with Crippen LogP contribution in [0, 0.1) is 20.8 Å². The molecule has 0 aliphatic rings. The minimum atomic E-state index is -0.932. The smallest absolute Gasteiger partial charge is 1.00 e. The molecule has 0 amide bonds. The zero-order valence-corrected chi connectivity index (χ0v) is 18.3. The molecule has 3 nitrogen and oxygen atoms in total. The molecule has 0 saturated heterocycles. The van der Waals surface area contributed by atoms with Crippen molar-refractivity contribution in [1.82, 2.24) is 0 Å². The summed E-state index contributed by atoms with van der Waals surface area (Å²) < 4.78 is 5.40. The normalized spacial score (nSPS) is 12.6. The maximum Gasteiger partial charge on any atom is 1.00 e. The van der Waals surface area contributed by atoms with Gasteiger partial charge in [-0.25, -0.2) is 4.79 Å². The van der Waals surface area contributed by atoms with Gasteiger partial charge >= 0.3 is 35.5 Å². The van der Waals surface area contributed by atoms with Gasteiger partial charge in [0.05, 0.1) is 7.11 Å². The molecule has 1 N–H and O–H groups in total. The number of hydrogen-bond acceptors (Lipinski definition) is 2. The van der Waals surface area contributed by atoms with Crippen LogP contribution in [0.4, 0.5) is 0 Å². The van der Waals surface area contributed by atoms with Gasteiger partial charge in [-0.2, -0.15) is 0 Å². The second-order valence-corrected chi connectivity index (χ2v) is 5.89. The number of ether oxygens (including phenoxy) is 1. The molecule has 0 aromatic heterocycles. The van der Waals surface area contributed by atoms with Gasteiger partial charge in [0.15, 0.2) is 0 Å². The quantitative estimate of drug-likeness (QED) is 0.486. The van der Waals surface area contributed by atoms with Crippen LogP contribution in [0.3, 0.4) is 0 Å². The zero-order chi connectivity index (χ0) is 18.3. The van der Waals surface area contributed by atoms with Gasteiger partial charge < -0.3 is 11.3 Å². The molecule has 0 atom stereocenters. The van der Waals surface area contributed by atoms with Crippen LogP contribution in [0.5, 0.6) is 5.75 Å². The predicted octanol–water partition coefficient (Wildman–Crippen LogP) is 2.28. The van der Waals surface area contributed by atoms with E-state index in [1.165, 1.54) is 22.8 Å². The third kappa shape index (κ3) is 7.47. The molecule has 0 bridgehead atoms. The Hall–Kier alpha value is -1.55. The summed E-state index contributed by atoms with van der Waals surface area (Å²) in [5.41, 5.74) is 6.53. The Balaban J connectivity index is 0. The first-order chi connectivity index (χ1) is 11.3. The van der Waals surface area contributed by atoms with E-state index in [2.05, 4.69) is 39.0 Å². The number of carbonyl (C=O) groups is 1. The van der Waals surface area contributed by atoms with Crippen molar-refractivity contribution in [2.75, 3.05) is 7.11 Å². The SMILES string of the molecule is COc1cc(C)c(/C=C/C(C)=C/C=C/C(C)=C/C(=O)O)c(C)c1C.[H-].[Na+]. The Morgan fingerprint density at radius 1 is 1.12 bits per heavy atom. The second-order valence-electron chi connectivity index (χ2n) is 5.89. The Morgan fingerprint density at radius 2 is 1.76 bits per heavy atom. The molecule has 25 heavy (non-hydrogen) atoms. The summed E-state index contributed by atoms with van der Waals surface area (Å²) in [5, 5.41) is 8.67. The van der Waals surface area contributed by atoms with Gasteiger partial charge in [0.25, 0.3) is 0 Å². The number of benzene rings is 1. The summed E-state index contributed by atoms with van der Waals surface area (Å²) in [5.74, 6) is -0.0170. The van der Waals surface area contributed by atoms with Crippen molar-refractivity contribution in [3.05, 3.63) is 69.8 Å². The first kappa shape index (κ1) is 23.4. The fourth-order valence-corrected chi connectivity index (χ4v) is 2.40. The van der Waals surface area contributed by atoms with Gasteiger partial charge in [0.2, 0.25) is 0 Å². The van der Waals surface area contributed by atoms with Crippen molar-refractivity contribution in [3.8, 4) is 5.75 Å². The Bertz CT molecular complexity index is 744. The third-order valence-corrected chi connectivity index (χ3v) is 3.91. The molecule has 0 fully saturated rings. The van der Waals surface area contributed by atoms with Crippen LogP contribution in [-0.2, 0) is 4.79 Å². The second kappa shape index (κ2) is 11.1. The molecule has 1 rings (SSSR count). The minimum Gasteiger partial charge on any atom is -1.00 e. The summed E-state index contributed by atoms with van der Waals surface area (Å²) in [6, 6.07) is 2.06. The van der Waals surface area contributed by atoms with Crippen molar-refractivity contribution in [2.24, 2.45) is 0 Å². The van der Waals surface area contributed by atoms with Crippen molar-refractivity contribution in [1.29, 1.82) is 0 Å². The van der Waals surface area contributed by atoms with E-state index >= 15 is 0 Å². The number of aryl methyl sites for hydroxylation is 1. The van der Waals surface area contributed by atoms with E-state index in [1.54, 1.807) is 20.1 Å². The van der Waals surface area contributed by atoms with Crippen molar-refractivity contribution in [2.45, 2.75) is 34.6 Å². The van der Waals surface area contributed by atoms with Crippen LogP contribution < -0.4 is 34.3 Å². The number of aliphatic carboxylic acids is 1. The monoisotopic (exact) mass is 350 g/mol. The van der Waals surface area contributed by atoms with Crippen molar-refractivity contribution in [3.63, 3.8) is 0 Å². The van der Waals surface area contributed by atoms with Crippen molar-refractivity contribution >= 4 is 12.0 Å². The molecule has 4 heteroatoms. The minimum absolute atomic E-state index is 0. The standard InChI is InChI=1S/C21H26O3.Na.H/c1-14(8-7-9-15(2)12-21(22)23)10-11-19-16(3)13-20(24-6)18(5)17(19)4;;/h7-13H,1-6H3,(H,22,23);;/q;+1;-1/b9-7+,11-10+,14-8+,15-12+;;.